The van der Waals surface area contributed by atoms with E-state index in [1.165, 1.54) is 16.5 Å². The second-order valence-corrected chi connectivity index (χ2v) is 6.90. The summed E-state index contributed by atoms with van der Waals surface area (Å²) in [6.07, 6.45) is 2.12. The number of fused-ring (bicyclic) bond motifs is 1. The number of pyridine rings is 1. The van der Waals surface area contributed by atoms with Crippen LogP contribution in [0.4, 0.5) is 11.6 Å². The van der Waals surface area contributed by atoms with Gasteiger partial charge in [0.15, 0.2) is 0 Å². The van der Waals surface area contributed by atoms with Crippen LogP contribution in [-0.4, -0.2) is 29.3 Å². The summed E-state index contributed by atoms with van der Waals surface area (Å²) in [5, 5.41) is 19.3. The molecule has 0 fully saturated rings. The Balaban J connectivity index is 1.73. The van der Waals surface area contributed by atoms with E-state index >= 15 is 0 Å². The molecule has 0 bridgehead atoms. The number of nitrogens with zero attached hydrogens (tertiary/aromatic N) is 3. The summed E-state index contributed by atoms with van der Waals surface area (Å²) in [6.45, 7) is 0.402. The highest BCUT2D eigenvalue weighted by Crippen LogP contribution is 2.25. The highest BCUT2D eigenvalue weighted by molar-refractivity contribution is 7.89. The topological polar surface area (TPSA) is 133 Å². The Morgan fingerprint density at radius 3 is 2.56 bits per heavy atom. The van der Waals surface area contributed by atoms with Crippen LogP contribution < -0.4 is 10.5 Å². The van der Waals surface area contributed by atoms with E-state index in [-0.39, 0.29) is 16.5 Å². The van der Waals surface area contributed by atoms with Gasteiger partial charge in [-0.3, -0.25) is 0 Å². The molecule has 3 rings (SSSR count). The van der Waals surface area contributed by atoms with Gasteiger partial charge in [0.2, 0.25) is 21.5 Å². The van der Waals surface area contributed by atoms with Gasteiger partial charge in [0.1, 0.15) is 0 Å². The second kappa shape index (κ2) is 6.49. The van der Waals surface area contributed by atoms with Crippen LogP contribution in [0.2, 0.25) is 0 Å². The summed E-state index contributed by atoms with van der Waals surface area (Å²) in [5.74, 6) is 0.0672. The van der Waals surface area contributed by atoms with E-state index in [4.69, 9.17) is 5.14 Å². The normalized spacial score (nSPS) is 11.6. The molecular weight excluding hydrogens is 346 g/mol. The lowest BCUT2D eigenvalue weighted by Crippen LogP contribution is -2.12. The number of benzene rings is 1. The van der Waals surface area contributed by atoms with Crippen molar-refractivity contribution in [2.75, 3.05) is 11.9 Å². The summed E-state index contributed by atoms with van der Waals surface area (Å²) in [7, 11) is -3.72. The summed E-state index contributed by atoms with van der Waals surface area (Å²) < 4.78 is 23.8. The first-order valence-electron chi connectivity index (χ1n) is 7.33. The van der Waals surface area contributed by atoms with Crippen molar-refractivity contribution in [1.82, 2.24) is 9.38 Å². The summed E-state index contributed by atoms with van der Waals surface area (Å²) in [5.41, 5.74) is 1.35. The summed E-state index contributed by atoms with van der Waals surface area (Å²) in [6, 6.07) is 11.3. The number of nitrogens with one attached hydrogen (secondary N) is 1. The predicted octanol–water partition coefficient (Wildman–Crippen LogP) is 1.54. The molecule has 0 aliphatic rings. The molecule has 130 valence electrons. The van der Waals surface area contributed by atoms with Gasteiger partial charge >= 0.3 is 5.82 Å². The summed E-state index contributed by atoms with van der Waals surface area (Å²) in [4.78, 5) is 15.1. The molecule has 3 N–H and O–H groups in total. The number of nitrogens with two attached hydrogens (primary N) is 1. The number of aromatic nitrogens is 2. The highest BCUT2D eigenvalue weighted by atomic mass is 32.2. The molecule has 0 saturated carbocycles. The van der Waals surface area contributed by atoms with Gasteiger partial charge in [0, 0.05) is 12.6 Å². The molecule has 10 heteroatoms. The maximum absolute atomic E-state index is 11.3. The van der Waals surface area contributed by atoms with Gasteiger partial charge in [-0.1, -0.05) is 18.2 Å². The minimum atomic E-state index is -3.72. The van der Waals surface area contributed by atoms with Crippen LogP contribution in [0.1, 0.15) is 5.56 Å². The number of imidazole rings is 1. The molecule has 9 nitrogen and oxygen atoms in total. The average Bonchev–Trinajstić information content (AvgIpc) is 2.93. The lowest BCUT2D eigenvalue weighted by atomic mass is 10.1. The van der Waals surface area contributed by atoms with Gasteiger partial charge in [-0.15, -0.1) is 0 Å². The van der Waals surface area contributed by atoms with E-state index < -0.39 is 14.9 Å². The highest BCUT2D eigenvalue weighted by Gasteiger charge is 2.21. The fourth-order valence-corrected chi connectivity index (χ4v) is 2.96. The number of hydrogen-bond donors (Lipinski definition) is 2. The molecule has 0 unspecified atom stereocenters. The van der Waals surface area contributed by atoms with Crippen molar-refractivity contribution >= 4 is 27.3 Å². The molecule has 0 atom stereocenters. The van der Waals surface area contributed by atoms with Crippen molar-refractivity contribution in [3.8, 4) is 0 Å². The standard InChI is InChI=1S/C15H15N5O4S/c16-25(23,24)12-6-4-11(5-7-12)8-9-17-14-15(20(21)22)19-10-2-1-3-13(19)18-14/h1-7,10,17H,8-9H2,(H2,16,23,24). The first-order valence-corrected chi connectivity index (χ1v) is 8.88. The summed E-state index contributed by atoms with van der Waals surface area (Å²) >= 11 is 0. The average molecular weight is 361 g/mol. The van der Waals surface area contributed by atoms with Crippen molar-refractivity contribution in [2.45, 2.75) is 11.3 Å². The van der Waals surface area contributed by atoms with Crippen LogP contribution in [-0.2, 0) is 16.4 Å². The minimum Gasteiger partial charge on any atom is -0.363 e. The van der Waals surface area contributed by atoms with Gasteiger partial charge in [-0.2, -0.15) is 9.38 Å². The Morgan fingerprint density at radius 2 is 1.92 bits per heavy atom. The van der Waals surface area contributed by atoms with E-state index in [1.807, 2.05) is 0 Å². The van der Waals surface area contributed by atoms with Crippen molar-refractivity contribution in [3.63, 3.8) is 0 Å². The van der Waals surface area contributed by atoms with Gasteiger partial charge in [-0.25, -0.2) is 13.6 Å². The molecule has 0 saturated heterocycles. The van der Waals surface area contributed by atoms with Gasteiger partial charge in [0.25, 0.3) is 0 Å². The fourth-order valence-electron chi connectivity index (χ4n) is 2.45. The van der Waals surface area contributed by atoms with Gasteiger partial charge in [-0.05, 0) is 35.1 Å². The van der Waals surface area contributed by atoms with Crippen LogP contribution >= 0.6 is 0 Å². The largest absolute Gasteiger partial charge is 0.372 e. The first-order chi connectivity index (χ1) is 11.9. The van der Waals surface area contributed by atoms with E-state index in [0.29, 0.717) is 18.6 Å². The molecule has 0 aliphatic carbocycles. The maximum Gasteiger partial charge on any atom is 0.372 e. The zero-order chi connectivity index (χ0) is 18.0. The Hall–Kier alpha value is -2.98. The van der Waals surface area contributed by atoms with Crippen LogP contribution in [0.15, 0.2) is 53.6 Å². The van der Waals surface area contributed by atoms with E-state index in [0.717, 1.165) is 5.56 Å². The molecule has 2 heterocycles. The molecule has 3 aromatic rings. The minimum absolute atomic E-state index is 0.0418. The fraction of sp³-hybridized carbons (Fsp3) is 0.133. The predicted molar refractivity (Wildman–Crippen MR) is 91.9 cm³/mol. The Bertz CT molecular complexity index is 1030. The third-order valence-corrected chi connectivity index (χ3v) is 4.56. The third-order valence-electron chi connectivity index (χ3n) is 3.64. The Morgan fingerprint density at radius 1 is 1.20 bits per heavy atom. The molecule has 0 radical (unpaired) electrons. The third kappa shape index (κ3) is 3.59. The van der Waals surface area contributed by atoms with E-state index in [9.17, 15) is 18.5 Å². The van der Waals surface area contributed by atoms with E-state index in [1.54, 1.807) is 36.5 Å². The number of anilines is 1. The van der Waals surface area contributed by atoms with Gasteiger partial charge < -0.3 is 15.4 Å². The zero-order valence-corrected chi connectivity index (χ0v) is 13.8. The first kappa shape index (κ1) is 16.9. The molecule has 25 heavy (non-hydrogen) atoms. The van der Waals surface area contributed by atoms with Gasteiger partial charge in [0.05, 0.1) is 11.1 Å². The zero-order valence-electron chi connectivity index (χ0n) is 13.0. The molecule has 1 aromatic carbocycles. The van der Waals surface area contributed by atoms with Crippen molar-refractivity contribution in [2.24, 2.45) is 5.14 Å². The molecule has 0 aliphatic heterocycles. The number of primary sulfonamides is 1. The van der Waals surface area contributed by atoms with Crippen molar-refractivity contribution in [1.29, 1.82) is 0 Å². The van der Waals surface area contributed by atoms with Crippen molar-refractivity contribution < 1.29 is 13.3 Å². The monoisotopic (exact) mass is 361 g/mol. The lowest BCUT2D eigenvalue weighted by Gasteiger charge is -2.05. The quantitative estimate of drug-likeness (QED) is 0.505. The molecule has 2 aromatic heterocycles. The number of rotatable bonds is 6. The number of sulfonamides is 1. The SMILES string of the molecule is NS(=O)(=O)c1ccc(CCNc2nc3ccccn3c2[N+](=O)[O-])cc1. The molecule has 0 spiro atoms. The molecule has 0 amide bonds. The van der Waals surface area contributed by atoms with Crippen molar-refractivity contribution in [3.05, 3.63) is 64.3 Å². The molecular formula is C15H15N5O4S. The lowest BCUT2D eigenvalue weighted by molar-refractivity contribution is -0.389. The van der Waals surface area contributed by atoms with Crippen LogP contribution in [0.5, 0.6) is 0 Å². The second-order valence-electron chi connectivity index (χ2n) is 5.34. The smallest absolute Gasteiger partial charge is 0.363 e. The number of hydrogen-bond acceptors (Lipinski definition) is 6. The Labute approximate surface area is 143 Å². The Kier molecular flexibility index (Phi) is 4.38. The maximum atomic E-state index is 11.3. The van der Waals surface area contributed by atoms with E-state index in [2.05, 4.69) is 10.3 Å². The van der Waals surface area contributed by atoms with Crippen LogP contribution in [0, 0.1) is 10.1 Å². The van der Waals surface area contributed by atoms with Crippen LogP contribution in [0.25, 0.3) is 5.65 Å². The number of nitro groups is 1. The van der Waals surface area contributed by atoms with Crippen LogP contribution in [0.3, 0.4) is 0 Å².